The topological polar surface area (TPSA) is 96.7 Å². The highest BCUT2D eigenvalue weighted by Crippen LogP contribution is 2.31. The predicted octanol–water partition coefficient (Wildman–Crippen LogP) is 3.44. The lowest BCUT2D eigenvalue weighted by Crippen LogP contribution is -2.35. The summed E-state index contributed by atoms with van der Waals surface area (Å²) in [7, 11) is 1.79. The Hall–Kier alpha value is -2.78. The van der Waals surface area contributed by atoms with Crippen LogP contribution < -0.4 is 10.7 Å². The molecule has 1 amide bonds. The van der Waals surface area contributed by atoms with E-state index in [4.69, 9.17) is 16.3 Å². The molecule has 8 nitrogen and oxygen atoms in total. The van der Waals surface area contributed by atoms with Crippen LogP contribution in [0.2, 0.25) is 5.02 Å². The Bertz CT molecular complexity index is 1350. The molecule has 2 heterocycles. The first kappa shape index (κ1) is 26.8. The van der Waals surface area contributed by atoms with Crippen LogP contribution in [0.25, 0.3) is 10.9 Å². The number of carbonyl (C=O) groups is 1. The van der Waals surface area contributed by atoms with Crippen molar-refractivity contribution in [2.45, 2.75) is 51.3 Å². The molecule has 1 aliphatic heterocycles. The number of halogens is 1. The number of amides is 1. The average molecular weight is 539 g/mol. The highest BCUT2D eigenvalue weighted by Gasteiger charge is 2.26. The monoisotopic (exact) mass is 538 g/mol. The van der Waals surface area contributed by atoms with Gasteiger partial charge in [0.1, 0.15) is 0 Å². The first-order valence-corrected chi connectivity index (χ1v) is 13.8. The van der Waals surface area contributed by atoms with Gasteiger partial charge in [0.05, 0.1) is 30.2 Å². The molecule has 0 bridgehead atoms. The van der Waals surface area contributed by atoms with Gasteiger partial charge in [0.25, 0.3) is 5.91 Å². The summed E-state index contributed by atoms with van der Waals surface area (Å²) in [6.45, 7) is 4.06. The molecule has 1 saturated carbocycles. The van der Waals surface area contributed by atoms with E-state index in [2.05, 4.69) is 21.4 Å². The van der Waals surface area contributed by atoms with E-state index in [1.54, 1.807) is 23.9 Å². The van der Waals surface area contributed by atoms with Gasteiger partial charge in [0.15, 0.2) is 5.69 Å². The SMILES string of the molecule is Cn1nc(C(=O)NCc2ccc(Cl)cc2)c(=O)c2cc(CN3CCOCC3)cc(CCC3CCCC3O)c21. The van der Waals surface area contributed by atoms with Crippen molar-refractivity contribution in [1.82, 2.24) is 20.0 Å². The van der Waals surface area contributed by atoms with Crippen molar-refractivity contribution in [2.24, 2.45) is 13.0 Å². The first-order valence-electron chi connectivity index (χ1n) is 13.4. The molecular weight excluding hydrogens is 504 g/mol. The fourth-order valence-corrected chi connectivity index (χ4v) is 5.83. The van der Waals surface area contributed by atoms with Gasteiger partial charge in [0.2, 0.25) is 5.43 Å². The van der Waals surface area contributed by atoms with Gasteiger partial charge < -0.3 is 15.2 Å². The number of ether oxygens (including phenoxy) is 1. The largest absolute Gasteiger partial charge is 0.393 e. The number of nitrogens with zero attached hydrogens (tertiary/aromatic N) is 3. The van der Waals surface area contributed by atoms with Gasteiger partial charge >= 0.3 is 0 Å². The molecule has 1 saturated heterocycles. The minimum absolute atomic E-state index is 0.116. The molecule has 2 aliphatic rings. The smallest absolute Gasteiger partial charge is 0.276 e. The summed E-state index contributed by atoms with van der Waals surface area (Å²) < 4.78 is 7.16. The van der Waals surface area contributed by atoms with Crippen LogP contribution in [0.4, 0.5) is 0 Å². The van der Waals surface area contributed by atoms with Crippen molar-refractivity contribution in [2.75, 3.05) is 26.3 Å². The molecule has 202 valence electrons. The van der Waals surface area contributed by atoms with Crippen LogP contribution in [0.5, 0.6) is 0 Å². The van der Waals surface area contributed by atoms with Crippen LogP contribution in [0.1, 0.15) is 52.9 Å². The van der Waals surface area contributed by atoms with Crippen LogP contribution in [-0.4, -0.2) is 58.1 Å². The molecule has 2 N–H and O–H groups in total. The van der Waals surface area contributed by atoms with Gasteiger partial charge in [-0.1, -0.05) is 36.2 Å². The van der Waals surface area contributed by atoms with E-state index >= 15 is 0 Å². The molecule has 2 unspecified atom stereocenters. The van der Waals surface area contributed by atoms with E-state index in [0.717, 1.165) is 67.4 Å². The molecule has 9 heteroatoms. The maximum atomic E-state index is 13.7. The fraction of sp³-hybridized carbons (Fsp3) is 0.483. The Labute approximate surface area is 227 Å². The summed E-state index contributed by atoms with van der Waals surface area (Å²) in [4.78, 5) is 29.0. The van der Waals surface area contributed by atoms with Gasteiger partial charge in [0, 0.05) is 38.2 Å². The number of carbonyl (C=O) groups excluding carboxylic acids is 1. The highest BCUT2D eigenvalue weighted by atomic mass is 35.5. The van der Waals surface area contributed by atoms with Crippen LogP contribution in [0.15, 0.2) is 41.2 Å². The van der Waals surface area contributed by atoms with E-state index in [0.29, 0.717) is 30.2 Å². The van der Waals surface area contributed by atoms with E-state index in [9.17, 15) is 14.7 Å². The molecule has 3 aromatic rings. The van der Waals surface area contributed by atoms with Crippen LogP contribution >= 0.6 is 11.6 Å². The molecular formula is C29H35ClN4O4. The number of benzene rings is 2. The van der Waals surface area contributed by atoms with Gasteiger partial charge in [-0.05, 0) is 66.5 Å². The number of hydrogen-bond acceptors (Lipinski definition) is 6. The van der Waals surface area contributed by atoms with Crippen molar-refractivity contribution < 1.29 is 14.6 Å². The predicted molar refractivity (Wildman–Crippen MR) is 147 cm³/mol. The van der Waals surface area contributed by atoms with Crippen LogP contribution in [0, 0.1) is 5.92 Å². The lowest BCUT2D eigenvalue weighted by atomic mass is 9.94. The zero-order valence-electron chi connectivity index (χ0n) is 21.8. The second-order valence-electron chi connectivity index (χ2n) is 10.4. The number of aliphatic hydroxyl groups excluding tert-OH is 1. The summed E-state index contributed by atoms with van der Waals surface area (Å²) in [6.07, 6.45) is 4.29. The third-order valence-electron chi connectivity index (χ3n) is 7.78. The molecule has 38 heavy (non-hydrogen) atoms. The van der Waals surface area contributed by atoms with E-state index in [1.165, 1.54) is 0 Å². The molecule has 5 rings (SSSR count). The maximum absolute atomic E-state index is 13.7. The summed E-state index contributed by atoms with van der Waals surface area (Å²) in [5, 5.41) is 18.7. The normalized spacial score (nSPS) is 20.2. The molecule has 2 aromatic carbocycles. The first-order chi connectivity index (χ1) is 18.4. The number of aryl methyl sites for hydroxylation is 2. The Morgan fingerprint density at radius 3 is 2.63 bits per heavy atom. The summed E-state index contributed by atoms with van der Waals surface area (Å²) in [6, 6.07) is 11.3. The highest BCUT2D eigenvalue weighted by molar-refractivity contribution is 6.30. The second-order valence-corrected chi connectivity index (χ2v) is 10.9. The van der Waals surface area contributed by atoms with Crippen LogP contribution in [-0.2, 0) is 31.3 Å². The van der Waals surface area contributed by atoms with Crippen molar-refractivity contribution >= 4 is 28.4 Å². The van der Waals surface area contributed by atoms with E-state index in [1.807, 2.05) is 18.2 Å². The van der Waals surface area contributed by atoms with Crippen molar-refractivity contribution in [3.05, 3.63) is 74.0 Å². The lowest BCUT2D eigenvalue weighted by molar-refractivity contribution is 0.0342. The summed E-state index contributed by atoms with van der Waals surface area (Å²) >= 11 is 5.95. The number of morpholine rings is 1. The van der Waals surface area contributed by atoms with Crippen molar-refractivity contribution in [3.63, 3.8) is 0 Å². The van der Waals surface area contributed by atoms with E-state index < -0.39 is 5.91 Å². The van der Waals surface area contributed by atoms with Crippen molar-refractivity contribution in [3.8, 4) is 0 Å². The number of aromatic nitrogens is 2. The average Bonchev–Trinajstić information content (AvgIpc) is 3.33. The molecule has 0 radical (unpaired) electrons. The summed E-state index contributed by atoms with van der Waals surface area (Å²) in [5.41, 5.74) is 3.22. The van der Waals surface area contributed by atoms with Gasteiger partial charge in [-0.25, -0.2) is 0 Å². The standard InChI is InChI=1S/C29H35ClN4O4/c1-33-27-22(8-7-21-3-2-4-25(21)35)15-20(18-34-11-13-38-14-12-34)16-24(27)28(36)26(32-33)29(37)31-17-19-5-9-23(30)10-6-19/h5-6,9-10,15-16,21,25,35H,2-4,7-8,11-14,17-18H2,1H3,(H,31,37). The maximum Gasteiger partial charge on any atom is 0.276 e. The lowest BCUT2D eigenvalue weighted by Gasteiger charge is -2.27. The van der Waals surface area contributed by atoms with Crippen LogP contribution in [0.3, 0.4) is 0 Å². The zero-order valence-corrected chi connectivity index (χ0v) is 22.5. The number of hydrogen-bond donors (Lipinski definition) is 2. The minimum Gasteiger partial charge on any atom is -0.393 e. The number of aliphatic hydroxyl groups is 1. The second kappa shape index (κ2) is 11.9. The molecule has 2 atom stereocenters. The van der Waals surface area contributed by atoms with E-state index in [-0.39, 0.29) is 29.7 Å². The quantitative estimate of drug-likeness (QED) is 0.456. The molecule has 1 aromatic heterocycles. The van der Waals surface area contributed by atoms with Crippen molar-refractivity contribution in [1.29, 1.82) is 0 Å². The minimum atomic E-state index is -0.503. The Balaban J connectivity index is 1.46. The molecule has 0 spiro atoms. The third kappa shape index (κ3) is 6.10. The number of nitrogens with one attached hydrogen (secondary N) is 1. The van der Waals surface area contributed by atoms with Gasteiger partial charge in [-0.2, -0.15) is 5.10 Å². The fourth-order valence-electron chi connectivity index (χ4n) is 5.70. The zero-order chi connectivity index (χ0) is 26.6. The molecule has 2 fully saturated rings. The number of fused-ring (bicyclic) bond motifs is 1. The summed E-state index contributed by atoms with van der Waals surface area (Å²) in [5.74, 6) is -0.229. The third-order valence-corrected chi connectivity index (χ3v) is 8.03. The molecule has 1 aliphatic carbocycles. The Morgan fingerprint density at radius 2 is 1.92 bits per heavy atom. The Morgan fingerprint density at radius 1 is 1.16 bits per heavy atom. The number of rotatable bonds is 8. The van der Waals surface area contributed by atoms with Gasteiger partial charge in [-0.3, -0.25) is 19.2 Å². The van der Waals surface area contributed by atoms with Gasteiger partial charge in [-0.15, -0.1) is 0 Å². The Kier molecular flexibility index (Phi) is 8.43.